The molecule has 1 saturated carbocycles. The zero-order valence-electron chi connectivity index (χ0n) is 14.7. The molecule has 0 aromatic heterocycles. The molecule has 1 aromatic rings. The molecule has 0 unspecified atom stereocenters. The second-order valence-corrected chi connectivity index (χ2v) is 6.81. The average molecular weight is 328 g/mol. The van der Waals surface area contributed by atoms with Gasteiger partial charge in [-0.1, -0.05) is 38.1 Å². The first-order valence-electron chi connectivity index (χ1n) is 8.81. The topological polar surface area (TPSA) is 58.2 Å². The van der Waals surface area contributed by atoms with Gasteiger partial charge in [-0.3, -0.25) is 9.59 Å². The van der Waals surface area contributed by atoms with Crippen LogP contribution in [0.5, 0.6) is 0 Å². The molecule has 2 rings (SSSR count). The van der Waals surface area contributed by atoms with Crippen LogP contribution >= 0.6 is 0 Å². The van der Waals surface area contributed by atoms with Crippen LogP contribution in [0.3, 0.4) is 0 Å². The zero-order valence-corrected chi connectivity index (χ0v) is 14.7. The van der Waals surface area contributed by atoms with Crippen LogP contribution in [0.15, 0.2) is 36.9 Å². The highest BCUT2D eigenvalue weighted by Gasteiger charge is 2.30. The summed E-state index contributed by atoms with van der Waals surface area (Å²) in [5, 5.41) is 5.94. The van der Waals surface area contributed by atoms with Crippen molar-refractivity contribution in [3.63, 3.8) is 0 Å². The van der Waals surface area contributed by atoms with Crippen molar-refractivity contribution in [3.8, 4) is 0 Å². The van der Waals surface area contributed by atoms with E-state index in [0.29, 0.717) is 12.5 Å². The predicted octanol–water partition coefficient (Wildman–Crippen LogP) is 3.86. The molecule has 1 fully saturated rings. The van der Waals surface area contributed by atoms with Crippen LogP contribution in [-0.4, -0.2) is 18.4 Å². The quantitative estimate of drug-likeness (QED) is 0.779. The minimum atomic E-state index is -0.00586. The average Bonchev–Trinajstić information content (AvgIpc) is 2.60. The lowest BCUT2D eigenvalue weighted by molar-refractivity contribution is -0.128. The van der Waals surface area contributed by atoms with Gasteiger partial charge in [0.15, 0.2) is 0 Å². The highest BCUT2D eigenvalue weighted by Crippen LogP contribution is 2.31. The Balaban J connectivity index is 1.89. The van der Waals surface area contributed by atoms with E-state index in [1.165, 1.54) is 0 Å². The monoisotopic (exact) mass is 328 g/mol. The predicted molar refractivity (Wildman–Crippen MR) is 97.8 cm³/mol. The molecule has 0 saturated heterocycles. The zero-order chi connectivity index (χ0) is 17.5. The van der Waals surface area contributed by atoms with Gasteiger partial charge in [0.1, 0.15) is 0 Å². The first-order valence-corrected chi connectivity index (χ1v) is 8.81. The number of hydrogen-bond donors (Lipinski definition) is 2. The molecule has 1 aliphatic rings. The maximum atomic E-state index is 12.6. The summed E-state index contributed by atoms with van der Waals surface area (Å²) in [5.74, 6) is 0.545. The summed E-state index contributed by atoms with van der Waals surface area (Å²) < 4.78 is 0. The Bertz CT molecular complexity index is 587. The van der Waals surface area contributed by atoms with Crippen molar-refractivity contribution in [1.82, 2.24) is 5.32 Å². The van der Waals surface area contributed by atoms with Gasteiger partial charge in [-0.2, -0.15) is 0 Å². The fourth-order valence-electron chi connectivity index (χ4n) is 3.28. The Morgan fingerprint density at radius 2 is 1.71 bits per heavy atom. The minimum Gasteiger partial charge on any atom is -0.352 e. The summed E-state index contributed by atoms with van der Waals surface area (Å²) in [6.45, 7) is 8.36. The summed E-state index contributed by atoms with van der Waals surface area (Å²) in [6.07, 6.45) is 4.76. The van der Waals surface area contributed by atoms with Gasteiger partial charge in [0.25, 0.3) is 0 Å². The largest absolute Gasteiger partial charge is 0.352 e. The Morgan fingerprint density at radius 1 is 1.12 bits per heavy atom. The van der Waals surface area contributed by atoms with Gasteiger partial charge in [0.05, 0.1) is 0 Å². The third-order valence-corrected chi connectivity index (χ3v) is 4.73. The molecule has 2 amide bonds. The van der Waals surface area contributed by atoms with Gasteiger partial charge in [-0.15, -0.1) is 6.58 Å². The van der Waals surface area contributed by atoms with Crippen LogP contribution in [0, 0.1) is 11.8 Å². The van der Waals surface area contributed by atoms with Crippen LogP contribution in [0.1, 0.15) is 51.0 Å². The first kappa shape index (κ1) is 18.2. The van der Waals surface area contributed by atoms with E-state index in [1.807, 2.05) is 18.2 Å². The fraction of sp³-hybridized carbons (Fsp3) is 0.500. The number of carbonyl (C=O) groups excluding carboxylic acids is 2. The van der Waals surface area contributed by atoms with Crippen molar-refractivity contribution in [3.05, 3.63) is 42.5 Å². The van der Waals surface area contributed by atoms with Gasteiger partial charge in [-0.25, -0.2) is 0 Å². The Morgan fingerprint density at radius 3 is 2.29 bits per heavy atom. The minimum absolute atomic E-state index is 0.00586. The first-order chi connectivity index (χ1) is 11.5. The van der Waals surface area contributed by atoms with E-state index in [4.69, 9.17) is 0 Å². The number of carbonyl (C=O) groups is 2. The number of nitrogens with one attached hydrogen (secondary N) is 2. The molecular formula is C20H28N2O2. The summed E-state index contributed by atoms with van der Waals surface area (Å²) in [7, 11) is 0. The molecular weight excluding hydrogens is 300 g/mol. The molecule has 0 bridgehead atoms. The molecule has 4 nitrogen and oxygen atoms in total. The van der Waals surface area contributed by atoms with Gasteiger partial charge >= 0.3 is 0 Å². The van der Waals surface area contributed by atoms with E-state index in [9.17, 15) is 9.59 Å². The summed E-state index contributed by atoms with van der Waals surface area (Å²) >= 11 is 0. The van der Waals surface area contributed by atoms with E-state index in [1.54, 1.807) is 6.08 Å². The maximum Gasteiger partial charge on any atom is 0.227 e. The Hall–Kier alpha value is -2.10. The third kappa shape index (κ3) is 4.70. The highest BCUT2D eigenvalue weighted by atomic mass is 16.2. The number of rotatable bonds is 6. The molecule has 130 valence electrons. The SMILES string of the molecule is C=CCNC(=O)C1CCC(C(=O)Nc2ccccc2C(C)C)CC1. The smallest absolute Gasteiger partial charge is 0.227 e. The molecule has 0 heterocycles. The van der Waals surface area contributed by atoms with E-state index in [-0.39, 0.29) is 23.7 Å². The molecule has 4 heteroatoms. The Labute approximate surface area is 144 Å². The summed E-state index contributed by atoms with van der Waals surface area (Å²) in [6, 6.07) is 7.96. The van der Waals surface area contributed by atoms with Crippen molar-refractivity contribution in [2.45, 2.75) is 45.4 Å². The fourth-order valence-corrected chi connectivity index (χ4v) is 3.28. The number of hydrogen-bond acceptors (Lipinski definition) is 2. The lowest BCUT2D eigenvalue weighted by atomic mass is 9.81. The van der Waals surface area contributed by atoms with Crippen LogP contribution in [-0.2, 0) is 9.59 Å². The maximum absolute atomic E-state index is 12.6. The normalized spacial score (nSPS) is 20.5. The van der Waals surface area contributed by atoms with Crippen LogP contribution in [0.25, 0.3) is 0 Å². The summed E-state index contributed by atoms with van der Waals surface area (Å²) in [5.41, 5.74) is 2.06. The number of amides is 2. The molecule has 24 heavy (non-hydrogen) atoms. The van der Waals surface area contributed by atoms with Crippen LogP contribution < -0.4 is 10.6 Å². The third-order valence-electron chi connectivity index (χ3n) is 4.73. The molecule has 0 aliphatic heterocycles. The highest BCUT2D eigenvalue weighted by molar-refractivity contribution is 5.93. The van der Waals surface area contributed by atoms with E-state index >= 15 is 0 Å². The van der Waals surface area contributed by atoms with Crippen molar-refractivity contribution in [2.24, 2.45) is 11.8 Å². The lowest BCUT2D eigenvalue weighted by Gasteiger charge is -2.27. The van der Waals surface area contributed by atoms with E-state index < -0.39 is 0 Å². The van der Waals surface area contributed by atoms with Crippen molar-refractivity contribution in [1.29, 1.82) is 0 Å². The lowest BCUT2D eigenvalue weighted by Crippen LogP contribution is -2.35. The molecule has 2 N–H and O–H groups in total. The second kappa shape index (κ2) is 8.67. The van der Waals surface area contributed by atoms with Gasteiger partial charge in [0, 0.05) is 24.1 Å². The summed E-state index contributed by atoms with van der Waals surface area (Å²) in [4.78, 5) is 24.6. The Kier molecular flexibility index (Phi) is 6.59. The van der Waals surface area contributed by atoms with Crippen LogP contribution in [0.4, 0.5) is 5.69 Å². The molecule has 0 atom stereocenters. The van der Waals surface area contributed by atoms with E-state index in [0.717, 1.165) is 36.9 Å². The van der Waals surface area contributed by atoms with Gasteiger partial charge in [-0.05, 0) is 43.2 Å². The molecule has 0 radical (unpaired) electrons. The van der Waals surface area contributed by atoms with Crippen molar-refractivity contribution in [2.75, 3.05) is 11.9 Å². The second-order valence-electron chi connectivity index (χ2n) is 6.81. The van der Waals surface area contributed by atoms with Gasteiger partial charge < -0.3 is 10.6 Å². The number of anilines is 1. The van der Waals surface area contributed by atoms with Crippen molar-refractivity contribution < 1.29 is 9.59 Å². The van der Waals surface area contributed by atoms with Crippen molar-refractivity contribution >= 4 is 17.5 Å². The van der Waals surface area contributed by atoms with E-state index in [2.05, 4.69) is 37.1 Å². The van der Waals surface area contributed by atoms with Crippen LogP contribution in [0.2, 0.25) is 0 Å². The standard InChI is InChI=1S/C20H28N2O2/c1-4-13-21-19(23)15-9-11-16(12-10-15)20(24)22-18-8-6-5-7-17(18)14(2)3/h4-8,14-16H,1,9-13H2,2-3H3,(H,21,23)(H,22,24). The molecule has 0 spiro atoms. The number of benzene rings is 1. The number of para-hydroxylation sites is 1. The molecule has 1 aromatic carbocycles. The van der Waals surface area contributed by atoms with Gasteiger partial charge in [0.2, 0.25) is 11.8 Å². The molecule has 1 aliphatic carbocycles.